The maximum Gasteiger partial charge on any atom is 0.209 e. The van der Waals surface area contributed by atoms with Crippen molar-refractivity contribution in [2.75, 3.05) is 35.8 Å². The summed E-state index contributed by atoms with van der Waals surface area (Å²) in [7, 11) is -4.14. The van der Waals surface area contributed by atoms with E-state index < -0.39 is 26.6 Å². The highest BCUT2D eigenvalue weighted by Crippen LogP contribution is 2.23. The van der Waals surface area contributed by atoms with Crippen molar-refractivity contribution in [3.05, 3.63) is 35.9 Å². The Morgan fingerprint density at radius 3 is 2.68 bits per heavy atom. The van der Waals surface area contributed by atoms with Gasteiger partial charge in [0.15, 0.2) is 0 Å². The van der Waals surface area contributed by atoms with E-state index in [-0.39, 0.29) is 6.54 Å². The summed E-state index contributed by atoms with van der Waals surface area (Å²) in [5, 5.41) is 7.76. The molecule has 8 nitrogen and oxygen atoms in total. The summed E-state index contributed by atoms with van der Waals surface area (Å²) in [6.07, 6.45) is 2.60. The molecule has 1 fully saturated rings. The molecule has 1 N–H and O–H groups in total. The first kappa shape index (κ1) is 18.0. The Kier molecular flexibility index (Phi) is 5.16. The van der Waals surface area contributed by atoms with Crippen molar-refractivity contribution in [1.29, 1.82) is 0 Å². The Morgan fingerprint density at radius 1 is 1.32 bits per heavy atom. The fraction of sp³-hybridized carbons (Fsp3) is 0.429. The molecular weight excluding hydrogens is 369 g/mol. The molecule has 136 valence electrons. The van der Waals surface area contributed by atoms with Gasteiger partial charge >= 0.3 is 0 Å². The fourth-order valence-electron chi connectivity index (χ4n) is 2.48. The molecule has 0 spiro atoms. The van der Waals surface area contributed by atoms with E-state index in [4.69, 9.17) is 0 Å². The molecule has 1 aliphatic heterocycles. The molecule has 0 saturated carbocycles. The van der Waals surface area contributed by atoms with Crippen LogP contribution in [0.25, 0.3) is 5.69 Å². The molecule has 0 radical (unpaired) electrons. The first-order chi connectivity index (χ1) is 11.8. The molecule has 1 saturated heterocycles. The van der Waals surface area contributed by atoms with E-state index in [0.717, 1.165) is 6.26 Å². The van der Waals surface area contributed by atoms with Gasteiger partial charge in [0.05, 0.1) is 36.1 Å². The van der Waals surface area contributed by atoms with E-state index in [1.54, 1.807) is 12.1 Å². The molecule has 2 aromatic rings. The number of aromatic nitrogens is 3. The van der Waals surface area contributed by atoms with E-state index >= 15 is 0 Å². The monoisotopic (exact) mass is 387 g/mol. The van der Waals surface area contributed by atoms with Crippen LogP contribution in [0, 0.1) is 5.82 Å². The molecule has 1 aromatic carbocycles. The second kappa shape index (κ2) is 7.18. The lowest BCUT2D eigenvalue weighted by molar-refractivity contribution is 0.586. The number of anilines is 1. The molecule has 0 unspecified atom stereocenters. The average molecular weight is 387 g/mol. The van der Waals surface area contributed by atoms with E-state index in [2.05, 4.69) is 15.0 Å². The largest absolute Gasteiger partial charge is 0.367 e. The van der Waals surface area contributed by atoms with Gasteiger partial charge in [-0.05, 0) is 12.1 Å². The highest BCUT2D eigenvalue weighted by atomic mass is 32.2. The van der Waals surface area contributed by atoms with Gasteiger partial charge in [-0.2, -0.15) is 0 Å². The van der Waals surface area contributed by atoms with Crippen LogP contribution in [0.15, 0.2) is 24.4 Å². The molecular formula is C14H18FN5O3S2. The van der Waals surface area contributed by atoms with E-state index in [0.29, 0.717) is 41.7 Å². The molecule has 1 aliphatic rings. The third-order valence-electron chi connectivity index (χ3n) is 3.77. The first-order valence-electron chi connectivity index (χ1n) is 7.57. The van der Waals surface area contributed by atoms with Crippen LogP contribution in [0.4, 0.5) is 10.1 Å². The summed E-state index contributed by atoms with van der Waals surface area (Å²) in [6, 6.07) is 4.73. The van der Waals surface area contributed by atoms with Crippen molar-refractivity contribution in [3.63, 3.8) is 0 Å². The van der Waals surface area contributed by atoms with Crippen LogP contribution < -0.4 is 9.62 Å². The zero-order valence-electron chi connectivity index (χ0n) is 13.6. The van der Waals surface area contributed by atoms with Crippen LogP contribution in [0.3, 0.4) is 0 Å². The zero-order valence-corrected chi connectivity index (χ0v) is 15.2. The highest BCUT2D eigenvalue weighted by Gasteiger charge is 2.19. The van der Waals surface area contributed by atoms with E-state index in [9.17, 15) is 17.0 Å². The molecule has 0 amide bonds. The normalized spacial score (nSPS) is 16.3. The quantitative estimate of drug-likeness (QED) is 0.777. The maximum atomic E-state index is 14.5. The number of hydrogen-bond donors (Lipinski definition) is 1. The minimum Gasteiger partial charge on any atom is -0.367 e. The molecule has 1 aromatic heterocycles. The number of nitrogens with one attached hydrogen (secondary N) is 1. The van der Waals surface area contributed by atoms with Crippen molar-refractivity contribution in [2.45, 2.75) is 6.54 Å². The fourth-order valence-corrected chi connectivity index (χ4v) is 3.95. The standard InChI is InChI=1S/C14H18FN5O3S2/c1-25(22,23)16-9-11-10-20(18-17-11)12-2-3-14(13(15)8-12)19-4-6-24(21)7-5-19/h2-3,8,10,16H,4-7,9H2,1H3. The van der Waals surface area contributed by atoms with Gasteiger partial charge in [0, 0.05) is 41.5 Å². The number of halogens is 1. The first-order valence-corrected chi connectivity index (χ1v) is 11.0. The minimum absolute atomic E-state index is 0.0182. The van der Waals surface area contributed by atoms with Gasteiger partial charge in [0.25, 0.3) is 0 Å². The van der Waals surface area contributed by atoms with Crippen LogP contribution in [0.2, 0.25) is 0 Å². The molecule has 3 rings (SSSR count). The lowest BCUT2D eigenvalue weighted by Crippen LogP contribution is -2.38. The summed E-state index contributed by atoms with van der Waals surface area (Å²) in [5.41, 5.74) is 1.38. The Morgan fingerprint density at radius 2 is 2.04 bits per heavy atom. The van der Waals surface area contributed by atoms with Crippen LogP contribution in [-0.2, 0) is 27.4 Å². The van der Waals surface area contributed by atoms with Crippen molar-refractivity contribution in [3.8, 4) is 5.69 Å². The van der Waals surface area contributed by atoms with E-state index in [1.807, 2.05) is 4.90 Å². The second-order valence-electron chi connectivity index (χ2n) is 5.72. The Balaban J connectivity index is 1.74. The smallest absolute Gasteiger partial charge is 0.209 e. The van der Waals surface area contributed by atoms with Crippen LogP contribution >= 0.6 is 0 Å². The van der Waals surface area contributed by atoms with Gasteiger partial charge in [0.2, 0.25) is 10.0 Å². The van der Waals surface area contributed by atoms with Crippen molar-refractivity contribution >= 4 is 26.5 Å². The van der Waals surface area contributed by atoms with Gasteiger partial charge in [-0.25, -0.2) is 22.2 Å². The number of nitrogens with zero attached hydrogens (tertiary/aromatic N) is 4. The second-order valence-corrected chi connectivity index (χ2v) is 9.25. The number of benzene rings is 1. The summed E-state index contributed by atoms with van der Waals surface area (Å²) >= 11 is 0. The molecule has 0 bridgehead atoms. The van der Waals surface area contributed by atoms with Crippen molar-refractivity contribution < 1.29 is 17.0 Å². The van der Waals surface area contributed by atoms with Gasteiger partial charge in [-0.15, -0.1) is 5.10 Å². The van der Waals surface area contributed by atoms with Crippen molar-refractivity contribution in [2.24, 2.45) is 0 Å². The van der Waals surface area contributed by atoms with Gasteiger partial charge < -0.3 is 4.90 Å². The Bertz CT molecular complexity index is 890. The summed E-state index contributed by atoms with van der Waals surface area (Å²) in [4.78, 5) is 1.88. The van der Waals surface area contributed by atoms with Crippen LogP contribution in [-0.4, -0.2) is 58.5 Å². The van der Waals surface area contributed by atoms with Gasteiger partial charge in [0.1, 0.15) is 5.82 Å². The van der Waals surface area contributed by atoms with Crippen LogP contribution in [0.5, 0.6) is 0 Å². The van der Waals surface area contributed by atoms with E-state index in [1.165, 1.54) is 16.9 Å². The molecule has 0 atom stereocenters. The predicted octanol–water partition coefficient (Wildman–Crippen LogP) is 0.0243. The molecule has 11 heteroatoms. The lowest BCUT2D eigenvalue weighted by atomic mass is 10.2. The summed E-state index contributed by atoms with van der Waals surface area (Å²) < 4.78 is 51.8. The lowest BCUT2D eigenvalue weighted by Gasteiger charge is -2.28. The van der Waals surface area contributed by atoms with Crippen LogP contribution in [0.1, 0.15) is 5.69 Å². The molecule has 25 heavy (non-hydrogen) atoms. The minimum atomic E-state index is -3.32. The topological polar surface area (TPSA) is 97.2 Å². The summed E-state index contributed by atoms with van der Waals surface area (Å²) in [6.45, 7) is 1.14. The SMILES string of the molecule is CS(=O)(=O)NCc1cn(-c2ccc(N3CCS(=O)CC3)c(F)c2)nn1. The Hall–Kier alpha value is -1.85. The predicted molar refractivity (Wildman–Crippen MR) is 93.1 cm³/mol. The summed E-state index contributed by atoms with van der Waals surface area (Å²) in [5.74, 6) is 0.693. The van der Waals surface area contributed by atoms with Gasteiger partial charge in [-0.1, -0.05) is 5.21 Å². The van der Waals surface area contributed by atoms with Gasteiger partial charge in [-0.3, -0.25) is 4.21 Å². The molecule has 0 aliphatic carbocycles. The zero-order chi connectivity index (χ0) is 18.0. The highest BCUT2D eigenvalue weighted by molar-refractivity contribution is 7.88. The molecule has 2 heterocycles. The average Bonchev–Trinajstić information content (AvgIpc) is 3.02. The third kappa shape index (κ3) is 4.61. The Labute approximate surface area is 147 Å². The maximum absolute atomic E-state index is 14.5. The number of rotatable bonds is 5. The number of sulfonamides is 1. The van der Waals surface area contributed by atoms with Crippen molar-refractivity contribution in [1.82, 2.24) is 19.7 Å². The number of hydrogen-bond acceptors (Lipinski definition) is 6. The third-order valence-corrected chi connectivity index (χ3v) is 5.72.